The van der Waals surface area contributed by atoms with Gasteiger partial charge >= 0.3 is 0 Å². The van der Waals surface area contributed by atoms with Gasteiger partial charge in [-0.1, -0.05) is 40.0 Å². The van der Waals surface area contributed by atoms with E-state index in [4.69, 9.17) is 18.9 Å². The fourth-order valence-corrected chi connectivity index (χ4v) is 2.68. The zero-order valence-electron chi connectivity index (χ0n) is 15.3. The van der Waals surface area contributed by atoms with E-state index >= 15 is 0 Å². The third-order valence-corrected chi connectivity index (χ3v) is 4.17. The highest BCUT2D eigenvalue weighted by Crippen LogP contribution is 2.27. The van der Waals surface area contributed by atoms with E-state index in [1.54, 1.807) is 0 Å². The fraction of sp³-hybridized carbons (Fsp3) is 1.00. The lowest BCUT2D eigenvalue weighted by Crippen LogP contribution is -2.59. The lowest BCUT2D eigenvalue weighted by atomic mass is 9.99. The van der Waals surface area contributed by atoms with Gasteiger partial charge in [-0.3, -0.25) is 0 Å². The van der Waals surface area contributed by atoms with Crippen molar-refractivity contribution in [2.45, 2.75) is 96.9 Å². The van der Waals surface area contributed by atoms with Crippen LogP contribution in [0.3, 0.4) is 0 Å². The molecule has 1 saturated heterocycles. The number of unbranched alkanes of at least 4 members (excludes halogenated alkanes) is 3. The Hall–Kier alpha value is -0.200. The summed E-state index contributed by atoms with van der Waals surface area (Å²) in [5.74, 6) is 0. The van der Waals surface area contributed by atoms with Gasteiger partial charge in [0, 0.05) is 19.8 Å². The second-order valence-corrected chi connectivity index (χ2v) is 6.30. The predicted molar refractivity (Wildman–Crippen MR) is 90.5 cm³/mol. The van der Waals surface area contributed by atoms with Crippen LogP contribution in [0.1, 0.15) is 66.2 Å². The first-order valence-corrected chi connectivity index (χ1v) is 9.33. The van der Waals surface area contributed by atoms with Crippen molar-refractivity contribution >= 4 is 0 Å². The molecular formula is C18H36O5. The molecule has 1 N–H and O–H groups in total. The van der Waals surface area contributed by atoms with Crippen molar-refractivity contribution < 1.29 is 24.1 Å². The Bertz CT molecular complexity index is 265. The van der Waals surface area contributed by atoms with Gasteiger partial charge in [-0.25, -0.2) is 0 Å². The molecule has 5 heteroatoms. The second-order valence-electron chi connectivity index (χ2n) is 6.30. The molecule has 0 aromatic heterocycles. The highest BCUT2D eigenvalue weighted by atomic mass is 16.7. The average molecular weight is 332 g/mol. The molecule has 138 valence electrons. The van der Waals surface area contributed by atoms with Gasteiger partial charge in [-0.15, -0.1) is 0 Å². The van der Waals surface area contributed by atoms with Gasteiger partial charge in [-0.05, 0) is 26.2 Å². The third-order valence-electron chi connectivity index (χ3n) is 4.17. The normalized spacial score (nSPS) is 31.4. The predicted octanol–water partition coefficient (Wildman–Crippen LogP) is 3.28. The van der Waals surface area contributed by atoms with Crippen molar-refractivity contribution in [1.82, 2.24) is 0 Å². The Morgan fingerprint density at radius 3 is 1.65 bits per heavy atom. The van der Waals surface area contributed by atoms with Crippen LogP contribution in [0.5, 0.6) is 0 Å². The molecule has 0 spiro atoms. The molecule has 0 amide bonds. The summed E-state index contributed by atoms with van der Waals surface area (Å²) in [7, 11) is 0. The van der Waals surface area contributed by atoms with Crippen LogP contribution in [0.15, 0.2) is 0 Å². The first-order chi connectivity index (χ1) is 11.2. The molecule has 23 heavy (non-hydrogen) atoms. The van der Waals surface area contributed by atoms with Gasteiger partial charge in [-0.2, -0.15) is 0 Å². The van der Waals surface area contributed by atoms with E-state index in [1.165, 1.54) is 0 Å². The molecule has 1 rings (SSSR count). The molecule has 1 aliphatic rings. The van der Waals surface area contributed by atoms with Gasteiger partial charge in [0.25, 0.3) is 0 Å². The summed E-state index contributed by atoms with van der Waals surface area (Å²) in [6.07, 6.45) is 4.04. The zero-order chi connectivity index (χ0) is 17.1. The van der Waals surface area contributed by atoms with E-state index in [9.17, 15) is 5.11 Å². The zero-order valence-corrected chi connectivity index (χ0v) is 15.3. The van der Waals surface area contributed by atoms with Crippen molar-refractivity contribution in [2.24, 2.45) is 0 Å². The Balaban J connectivity index is 2.71. The lowest BCUT2D eigenvalue weighted by molar-refractivity contribution is -0.303. The van der Waals surface area contributed by atoms with E-state index in [0.29, 0.717) is 19.8 Å². The molecule has 1 heterocycles. The Kier molecular flexibility index (Phi) is 11.1. The molecule has 1 fully saturated rings. The van der Waals surface area contributed by atoms with E-state index in [1.807, 2.05) is 6.92 Å². The average Bonchev–Trinajstić information content (AvgIpc) is 2.53. The monoisotopic (exact) mass is 332 g/mol. The summed E-state index contributed by atoms with van der Waals surface area (Å²) in [6, 6.07) is 0. The topological polar surface area (TPSA) is 57.2 Å². The second kappa shape index (κ2) is 12.2. The quantitative estimate of drug-likeness (QED) is 0.556. The molecule has 0 aliphatic carbocycles. The summed E-state index contributed by atoms with van der Waals surface area (Å²) in [6.45, 7) is 10.3. The maximum atomic E-state index is 10.3. The number of aliphatic hydroxyl groups is 1. The minimum atomic E-state index is -0.959. The van der Waals surface area contributed by atoms with E-state index in [2.05, 4.69) is 20.8 Å². The molecule has 0 bridgehead atoms. The number of aliphatic hydroxyl groups excluding tert-OH is 1. The minimum Gasteiger partial charge on any atom is -0.373 e. The molecule has 2 unspecified atom stereocenters. The summed E-state index contributed by atoms with van der Waals surface area (Å²) < 4.78 is 23.6. The van der Waals surface area contributed by atoms with Gasteiger partial charge in [0.15, 0.2) is 6.29 Å². The molecular weight excluding hydrogens is 296 g/mol. The van der Waals surface area contributed by atoms with Gasteiger partial charge in [0.05, 0.1) is 6.10 Å². The third kappa shape index (κ3) is 7.06. The molecule has 0 saturated carbocycles. The SMILES string of the molecule is CCCCOC1[C@H](OCCCC)C(C)O[C@@H](O)[C@H]1OCCCC. The smallest absolute Gasteiger partial charge is 0.184 e. The van der Waals surface area contributed by atoms with Crippen LogP contribution in [-0.2, 0) is 18.9 Å². The molecule has 0 aromatic rings. The van der Waals surface area contributed by atoms with Crippen LogP contribution >= 0.6 is 0 Å². The highest BCUT2D eigenvalue weighted by Gasteiger charge is 2.45. The van der Waals surface area contributed by atoms with Crippen LogP contribution in [0.4, 0.5) is 0 Å². The fourth-order valence-electron chi connectivity index (χ4n) is 2.68. The van der Waals surface area contributed by atoms with Crippen molar-refractivity contribution in [1.29, 1.82) is 0 Å². The highest BCUT2D eigenvalue weighted by molar-refractivity contribution is 4.90. The van der Waals surface area contributed by atoms with Crippen LogP contribution in [0.2, 0.25) is 0 Å². The number of hydrogen-bond acceptors (Lipinski definition) is 5. The molecule has 0 aromatic carbocycles. The van der Waals surface area contributed by atoms with Crippen molar-refractivity contribution in [3.8, 4) is 0 Å². The summed E-state index contributed by atoms with van der Waals surface area (Å²) >= 11 is 0. The summed E-state index contributed by atoms with van der Waals surface area (Å²) in [4.78, 5) is 0. The van der Waals surface area contributed by atoms with Gasteiger partial charge in [0.2, 0.25) is 0 Å². The maximum Gasteiger partial charge on any atom is 0.184 e. The van der Waals surface area contributed by atoms with Crippen LogP contribution in [-0.4, -0.2) is 55.6 Å². The first-order valence-electron chi connectivity index (χ1n) is 9.33. The van der Waals surface area contributed by atoms with Crippen molar-refractivity contribution in [2.75, 3.05) is 19.8 Å². The van der Waals surface area contributed by atoms with E-state index in [0.717, 1.165) is 38.5 Å². The van der Waals surface area contributed by atoms with E-state index < -0.39 is 12.4 Å². The number of hydrogen-bond donors (Lipinski definition) is 1. The summed E-state index contributed by atoms with van der Waals surface area (Å²) in [5, 5.41) is 10.3. The largest absolute Gasteiger partial charge is 0.373 e. The molecule has 5 atom stereocenters. The van der Waals surface area contributed by atoms with Gasteiger partial charge in [0.1, 0.15) is 18.3 Å². The van der Waals surface area contributed by atoms with Crippen LogP contribution in [0.25, 0.3) is 0 Å². The standard InChI is InChI=1S/C18H36O5/c1-5-8-11-20-15-14(4)23-18(19)17(22-13-10-7-3)16(15)21-12-9-6-2/h14-19H,5-13H2,1-4H3/t14?,15-,16?,17+,18-/m1/s1. The van der Waals surface area contributed by atoms with Crippen LogP contribution in [0, 0.1) is 0 Å². The maximum absolute atomic E-state index is 10.3. The molecule has 1 aliphatic heterocycles. The van der Waals surface area contributed by atoms with Gasteiger partial charge < -0.3 is 24.1 Å². The lowest BCUT2D eigenvalue weighted by Gasteiger charge is -2.43. The molecule has 5 nitrogen and oxygen atoms in total. The summed E-state index contributed by atoms with van der Waals surface area (Å²) in [5.41, 5.74) is 0. The molecule has 0 radical (unpaired) electrons. The minimum absolute atomic E-state index is 0.201. The van der Waals surface area contributed by atoms with Crippen molar-refractivity contribution in [3.05, 3.63) is 0 Å². The Labute approximate surface area is 141 Å². The van der Waals surface area contributed by atoms with Crippen molar-refractivity contribution in [3.63, 3.8) is 0 Å². The Morgan fingerprint density at radius 1 is 0.739 bits per heavy atom. The number of rotatable bonds is 12. The van der Waals surface area contributed by atoms with Crippen LogP contribution < -0.4 is 0 Å². The first kappa shape index (κ1) is 20.8. The Morgan fingerprint density at radius 2 is 1.17 bits per heavy atom. The van der Waals surface area contributed by atoms with E-state index in [-0.39, 0.29) is 18.3 Å². The number of ether oxygens (including phenoxy) is 4.